The molecule has 5 rings (SSSR count). The van der Waals surface area contributed by atoms with Gasteiger partial charge in [-0.3, -0.25) is 4.90 Å². The number of rotatable bonds is 5. The van der Waals surface area contributed by atoms with Crippen LogP contribution in [0.4, 0.5) is 19.4 Å². The summed E-state index contributed by atoms with van der Waals surface area (Å²) in [5.41, 5.74) is 0.666. The first-order valence-electron chi connectivity index (χ1n) is 13.9. The molecule has 0 aliphatic carbocycles. The Hall–Kier alpha value is -4.48. The van der Waals surface area contributed by atoms with Crippen molar-refractivity contribution in [1.82, 2.24) is 29.4 Å². The first kappa shape index (κ1) is 29.0. The molecule has 1 N–H and O–H groups in total. The number of pyridine rings is 1. The van der Waals surface area contributed by atoms with Gasteiger partial charge in [0.15, 0.2) is 5.65 Å². The van der Waals surface area contributed by atoms with E-state index in [1.165, 1.54) is 40.1 Å². The number of nitrogens with zero attached hydrogens (tertiary/aromatic N) is 7. The van der Waals surface area contributed by atoms with Gasteiger partial charge in [0.2, 0.25) is 0 Å². The van der Waals surface area contributed by atoms with E-state index in [0.717, 1.165) is 0 Å². The SMILES string of the molecule is CC(C)c1ncnc(C(C)C)c1-n1c(=O)nc(N2CC(C)N(C(=O)O)C(C)C2)c2cc(F)c(-c3ccccc3F)nc21. The van der Waals surface area contributed by atoms with Crippen molar-refractivity contribution in [2.45, 2.75) is 65.5 Å². The Morgan fingerprint density at radius 2 is 1.55 bits per heavy atom. The molecule has 1 saturated heterocycles. The molecule has 0 spiro atoms. The lowest BCUT2D eigenvalue weighted by Crippen LogP contribution is -2.58. The second-order valence-electron chi connectivity index (χ2n) is 11.3. The molecule has 3 aromatic heterocycles. The van der Waals surface area contributed by atoms with E-state index in [-0.39, 0.29) is 53.0 Å². The molecule has 42 heavy (non-hydrogen) atoms. The number of benzene rings is 1. The highest BCUT2D eigenvalue weighted by atomic mass is 19.1. The summed E-state index contributed by atoms with van der Waals surface area (Å²) in [6.45, 7) is 11.7. The maximum absolute atomic E-state index is 15.8. The van der Waals surface area contributed by atoms with Crippen molar-refractivity contribution in [3.63, 3.8) is 0 Å². The van der Waals surface area contributed by atoms with E-state index in [1.807, 2.05) is 27.7 Å². The molecule has 1 aliphatic rings. The molecule has 2 unspecified atom stereocenters. The van der Waals surface area contributed by atoms with E-state index in [1.54, 1.807) is 24.8 Å². The fourth-order valence-corrected chi connectivity index (χ4v) is 5.74. The number of carbonyl (C=O) groups is 1. The van der Waals surface area contributed by atoms with Gasteiger partial charge in [0.05, 0.1) is 34.5 Å². The summed E-state index contributed by atoms with van der Waals surface area (Å²) < 4.78 is 32.0. The van der Waals surface area contributed by atoms with Gasteiger partial charge < -0.3 is 10.0 Å². The predicted molar refractivity (Wildman–Crippen MR) is 155 cm³/mol. The normalized spacial score (nSPS) is 17.5. The molecule has 2 atom stereocenters. The van der Waals surface area contributed by atoms with Gasteiger partial charge in [-0.2, -0.15) is 4.98 Å². The van der Waals surface area contributed by atoms with Crippen molar-refractivity contribution < 1.29 is 18.7 Å². The van der Waals surface area contributed by atoms with Gasteiger partial charge in [-0.15, -0.1) is 0 Å². The summed E-state index contributed by atoms with van der Waals surface area (Å²) in [6.07, 6.45) is 0.405. The lowest BCUT2D eigenvalue weighted by atomic mass is 10.0. The Morgan fingerprint density at radius 1 is 0.952 bits per heavy atom. The third-order valence-electron chi connectivity index (χ3n) is 7.57. The van der Waals surface area contributed by atoms with E-state index in [9.17, 15) is 19.1 Å². The minimum atomic E-state index is -1.04. The average Bonchev–Trinajstić information content (AvgIpc) is 2.92. The van der Waals surface area contributed by atoms with Gasteiger partial charge >= 0.3 is 11.8 Å². The van der Waals surface area contributed by atoms with E-state index in [4.69, 9.17) is 0 Å². The summed E-state index contributed by atoms with van der Waals surface area (Å²) in [5, 5.41) is 9.92. The zero-order valence-corrected chi connectivity index (χ0v) is 24.3. The monoisotopic (exact) mass is 577 g/mol. The van der Waals surface area contributed by atoms with E-state index < -0.39 is 35.5 Å². The van der Waals surface area contributed by atoms with Crippen LogP contribution in [-0.2, 0) is 0 Å². The van der Waals surface area contributed by atoms with Gasteiger partial charge in [0, 0.05) is 18.7 Å². The van der Waals surface area contributed by atoms with Crippen LogP contribution in [0.1, 0.15) is 64.8 Å². The third-order valence-corrected chi connectivity index (χ3v) is 7.57. The Morgan fingerprint density at radius 3 is 2.10 bits per heavy atom. The number of carboxylic acid groups (broad SMARTS) is 1. The summed E-state index contributed by atoms with van der Waals surface area (Å²) in [5.74, 6) is -1.49. The number of hydrogen-bond acceptors (Lipinski definition) is 7. The summed E-state index contributed by atoms with van der Waals surface area (Å²) in [4.78, 5) is 47.0. The molecule has 0 radical (unpaired) electrons. The molecule has 1 fully saturated rings. The first-order valence-corrected chi connectivity index (χ1v) is 13.9. The average molecular weight is 578 g/mol. The highest BCUT2D eigenvalue weighted by Crippen LogP contribution is 2.34. The summed E-state index contributed by atoms with van der Waals surface area (Å²) in [6, 6.07) is 6.09. The van der Waals surface area contributed by atoms with E-state index >= 15 is 4.39 Å². The highest BCUT2D eigenvalue weighted by molar-refractivity contribution is 5.90. The van der Waals surface area contributed by atoms with E-state index in [0.29, 0.717) is 17.1 Å². The smallest absolute Gasteiger partial charge is 0.407 e. The Bertz CT molecular complexity index is 1700. The predicted octanol–water partition coefficient (Wildman–Crippen LogP) is 5.34. The van der Waals surface area contributed by atoms with Crippen LogP contribution in [0.5, 0.6) is 0 Å². The second-order valence-corrected chi connectivity index (χ2v) is 11.3. The lowest BCUT2D eigenvalue weighted by molar-refractivity contribution is 0.0981. The molecule has 1 aliphatic heterocycles. The Labute approximate surface area is 241 Å². The van der Waals surface area contributed by atoms with Crippen LogP contribution in [0, 0.1) is 11.6 Å². The number of amides is 1. The van der Waals surface area contributed by atoms with Gasteiger partial charge in [0.1, 0.15) is 29.5 Å². The number of fused-ring (bicyclic) bond motifs is 1. The Balaban J connectivity index is 1.86. The molecule has 220 valence electrons. The number of anilines is 1. The summed E-state index contributed by atoms with van der Waals surface area (Å²) in [7, 11) is 0. The highest BCUT2D eigenvalue weighted by Gasteiger charge is 2.35. The number of hydrogen-bond donors (Lipinski definition) is 1. The second kappa shape index (κ2) is 11.1. The van der Waals surface area contributed by atoms with Crippen LogP contribution in [-0.4, -0.2) is 65.8 Å². The standard InChI is InChI=1S/C30H33F2N7O3/c1-15(2)23-26(24(16(3)4)34-14-33-23)39-28-20(11-22(32)25(35-28)19-9-7-8-10-21(19)31)27(36-29(39)40)37-12-17(5)38(30(41)42)18(6)13-37/h7-11,14-18H,12-13H2,1-6H3,(H,41,42). The zero-order valence-electron chi connectivity index (χ0n) is 24.3. The molecule has 4 aromatic rings. The topological polar surface area (TPSA) is 117 Å². The number of halogens is 2. The van der Waals surface area contributed by atoms with Gasteiger partial charge in [-0.05, 0) is 43.9 Å². The van der Waals surface area contributed by atoms with Gasteiger partial charge in [0.25, 0.3) is 0 Å². The van der Waals surface area contributed by atoms with Gasteiger partial charge in [-0.25, -0.2) is 37.9 Å². The maximum Gasteiger partial charge on any atom is 0.407 e. The van der Waals surface area contributed by atoms with Crippen molar-refractivity contribution in [1.29, 1.82) is 0 Å². The quantitative estimate of drug-likeness (QED) is 0.338. The van der Waals surface area contributed by atoms with Crippen LogP contribution >= 0.6 is 0 Å². The van der Waals surface area contributed by atoms with Crippen molar-refractivity contribution in [2.75, 3.05) is 18.0 Å². The third kappa shape index (κ3) is 4.94. The van der Waals surface area contributed by atoms with Crippen LogP contribution < -0.4 is 10.6 Å². The molecule has 0 saturated carbocycles. The molecule has 0 bridgehead atoms. The van der Waals surface area contributed by atoms with Crippen molar-refractivity contribution >= 4 is 22.9 Å². The minimum Gasteiger partial charge on any atom is -0.465 e. The fourth-order valence-electron chi connectivity index (χ4n) is 5.74. The molecule has 4 heterocycles. The Kier molecular flexibility index (Phi) is 7.65. The summed E-state index contributed by atoms with van der Waals surface area (Å²) >= 11 is 0. The largest absolute Gasteiger partial charge is 0.465 e. The lowest BCUT2D eigenvalue weighted by Gasteiger charge is -2.43. The van der Waals surface area contributed by atoms with Crippen molar-refractivity contribution in [3.05, 3.63) is 70.2 Å². The number of aromatic nitrogens is 5. The number of piperazine rings is 1. The van der Waals surface area contributed by atoms with Crippen LogP contribution in [0.3, 0.4) is 0 Å². The molecular formula is C30H33F2N7O3. The van der Waals surface area contributed by atoms with E-state index in [2.05, 4.69) is 19.9 Å². The fraction of sp³-hybridized carbons (Fsp3) is 0.400. The molecule has 12 heteroatoms. The minimum absolute atomic E-state index is 0.0518. The van der Waals surface area contributed by atoms with Crippen LogP contribution in [0.2, 0.25) is 0 Å². The van der Waals surface area contributed by atoms with Crippen molar-refractivity contribution in [2.24, 2.45) is 0 Å². The zero-order chi connectivity index (χ0) is 30.5. The molecule has 10 nitrogen and oxygen atoms in total. The van der Waals surface area contributed by atoms with Gasteiger partial charge in [-0.1, -0.05) is 39.8 Å². The van der Waals surface area contributed by atoms with Crippen molar-refractivity contribution in [3.8, 4) is 16.9 Å². The maximum atomic E-state index is 15.8. The molecule has 1 amide bonds. The van der Waals surface area contributed by atoms with Crippen LogP contribution in [0.25, 0.3) is 28.0 Å². The molecular weight excluding hydrogens is 544 g/mol. The molecule has 1 aromatic carbocycles. The van der Waals surface area contributed by atoms with Crippen LogP contribution in [0.15, 0.2) is 41.5 Å². The first-order chi connectivity index (χ1) is 19.9.